The Morgan fingerprint density at radius 1 is 1.05 bits per heavy atom. The molecule has 1 saturated heterocycles. The van der Waals surface area contributed by atoms with Crippen LogP contribution in [0.15, 0.2) is 6.07 Å². The maximum Gasteiger partial charge on any atom is 0.306 e. The van der Waals surface area contributed by atoms with Crippen molar-refractivity contribution < 1.29 is 14.7 Å². The van der Waals surface area contributed by atoms with Crippen molar-refractivity contribution in [3.8, 4) is 0 Å². The van der Waals surface area contributed by atoms with Crippen molar-refractivity contribution in [1.82, 2.24) is 4.90 Å². The summed E-state index contributed by atoms with van der Waals surface area (Å²) in [7, 11) is 0. The number of carbonyl (C=O) groups is 2. The quantitative estimate of drug-likeness (QED) is 0.910. The van der Waals surface area contributed by atoms with E-state index in [2.05, 4.69) is 6.07 Å². The number of amides is 1. The SMILES string of the molecule is Cc1cc(C)c(C)c(C(=O)N2CCC(C(=O)O)CC2)c1C. The third-order valence-corrected chi connectivity index (χ3v) is 4.71. The number of carboxylic acids is 1. The molecule has 1 heterocycles. The highest BCUT2D eigenvalue weighted by molar-refractivity contribution is 5.98. The summed E-state index contributed by atoms with van der Waals surface area (Å²) in [6.45, 7) is 9.08. The Morgan fingerprint density at radius 3 is 1.95 bits per heavy atom. The molecule has 114 valence electrons. The fourth-order valence-electron chi connectivity index (χ4n) is 3.03. The van der Waals surface area contributed by atoms with Crippen LogP contribution in [0.4, 0.5) is 0 Å². The number of hydrogen-bond donors (Lipinski definition) is 1. The number of rotatable bonds is 2. The van der Waals surface area contributed by atoms with E-state index < -0.39 is 5.97 Å². The zero-order chi connectivity index (χ0) is 15.7. The van der Waals surface area contributed by atoms with Crippen LogP contribution in [0.2, 0.25) is 0 Å². The number of benzene rings is 1. The average molecular weight is 289 g/mol. The smallest absolute Gasteiger partial charge is 0.306 e. The van der Waals surface area contributed by atoms with Crippen molar-refractivity contribution in [2.45, 2.75) is 40.5 Å². The highest BCUT2D eigenvalue weighted by Crippen LogP contribution is 2.25. The Morgan fingerprint density at radius 2 is 1.52 bits per heavy atom. The molecule has 0 unspecified atom stereocenters. The molecule has 1 amide bonds. The maximum absolute atomic E-state index is 12.8. The standard InChI is InChI=1S/C17H23NO3/c1-10-9-11(2)13(4)15(12(10)3)16(19)18-7-5-14(6-8-18)17(20)21/h9,14H,5-8H2,1-4H3,(H,20,21). The summed E-state index contributed by atoms with van der Waals surface area (Å²) in [5, 5.41) is 9.04. The van der Waals surface area contributed by atoms with Crippen molar-refractivity contribution in [2.24, 2.45) is 5.92 Å². The van der Waals surface area contributed by atoms with E-state index in [1.807, 2.05) is 27.7 Å². The van der Waals surface area contributed by atoms with Gasteiger partial charge in [0.15, 0.2) is 0 Å². The summed E-state index contributed by atoms with van der Waals surface area (Å²) in [5.74, 6) is -1.02. The van der Waals surface area contributed by atoms with Crippen LogP contribution >= 0.6 is 0 Å². The second-order valence-electron chi connectivity index (χ2n) is 6.04. The normalized spacial score (nSPS) is 16.1. The van der Waals surface area contributed by atoms with E-state index in [4.69, 9.17) is 5.11 Å². The molecule has 0 aliphatic carbocycles. The van der Waals surface area contributed by atoms with Gasteiger partial charge in [0.25, 0.3) is 5.91 Å². The van der Waals surface area contributed by atoms with E-state index in [-0.39, 0.29) is 11.8 Å². The minimum Gasteiger partial charge on any atom is -0.481 e. The zero-order valence-corrected chi connectivity index (χ0v) is 13.2. The molecule has 4 nitrogen and oxygen atoms in total. The molecule has 2 rings (SSSR count). The van der Waals surface area contributed by atoms with Gasteiger partial charge in [-0.1, -0.05) is 6.07 Å². The molecule has 21 heavy (non-hydrogen) atoms. The Bertz CT molecular complexity index is 558. The molecule has 0 aromatic heterocycles. The summed E-state index contributed by atoms with van der Waals surface area (Å²) in [5.41, 5.74) is 5.11. The largest absolute Gasteiger partial charge is 0.481 e. The van der Waals surface area contributed by atoms with Crippen molar-refractivity contribution in [2.75, 3.05) is 13.1 Å². The van der Waals surface area contributed by atoms with Crippen LogP contribution in [0.5, 0.6) is 0 Å². The van der Waals surface area contributed by atoms with Crippen molar-refractivity contribution in [3.63, 3.8) is 0 Å². The van der Waals surface area contributed by atoms with Crippen molar-refractivity contribution in [1.29, 1.82) is 0 Å². The first kappa shape index (κ1) is 15.5. The second kappa shape index (κ2) is 5.88. The van der Waals surface area contributed by atoms with Gasteiger partial charge in [-0.3, -0.25) is 9.59 Å². The molecule has 4 heteroatoms. The van der Waals surface area contributed by atoms with E-state index in [9.17, 15) is 9.59 Å². The number of carboxylic acid groups (broad SMARTS) is 1. The van der Waals surface area contributed by atoms with Gasteiger partial charge < -0.3 is 10.0 Å². The van der Waals surface area contributed by atoms with Crippen LogP contribution in [0.25, 0.3) is 0 Å². The minimum absolute atomic E-state index is 0.0423. The molecule has 1 aliphatic rings. The van der Waals surface area contributed by atoms with Gasteiger partial charge in [-0.2, -0.15) is 0 Å². The fourth-order valence-corrected chi connectivity index (χ4v) is 3.03. The van der Waals surface area contributed by atoms with Gasteiger partial charge >= 0.3 is 5.97 Å². The number of aryl methyl sites for hydroxylation is 2. The lowest BCUT2D eigenvalue weighted by Gasteiger charge is -2.31. The molecule has 0 saturated carbocycles. The molecule has 0 radical (unpaired) electrons. The number of carbonyl (C=O) groups excluding carboxylic acids is 1. The summed E-state index contributed by atoms with van der Waals surface area (Å²) in [4.78, 5) is 25.6. The second-order valence-corrected chi connectivity index (χ2v) is 6.04. The monoisotopic (exact) mass is 289 g/mol. The predicted octanol–water partition coefficient (Wildman–Crippen LogP) is 2.86. The molecule has 1 aromatic rings. The number of likely N-dealkylation sites (tertiary alicyclic amines) is 1. The van der Waals surface area contributed by atoms with Gasteiger partial charge in [0, 0.05) is 18.7 Å². The van der Waals surface area contributed by atoms with Crippen LogP contribution in [0, 0.1) is 33.6 Å². The van der Waals surface area contributed by atoms with Gasteiger partial charge in [0.1, 0.15) is 0 Å². The van der Waals surface area contributed by atoms with E-state index >= 15 is 0 Å². The van der Waals surface area contributed by atoms with Crippen LogP contribution in [-0.4, -0.2) is 35.0 Å². The first-order valence-electron chi connectivity index (χ1n) is 7.42. The van der Waals surface area contributed by atoms with E-state index in [0.717, 1.165) is 27.8 Å². The molecule has 1 aromatic carbocycles. The van der Waals surface area contributed by atoms with Crippen molar-refractivity contribution >= 4 is 11.9 Å². The molecular weight excluding hydrogens is 266 g/mol. The van der Waals surface area contributed by atoms with E-state index in [0.29, 0.717) is 25.9 Å². The Balaban J connectivity index is 2.24. The van der Waals surface area contributed by atoms with Crippen LogP contribution in [0.3, 0.4) is 0 Å². The maximum atomic E-state index is 12.8. The molecule has 1 fully saturated rings. The Kier molecular flexibility index (Phi) is 4.35. The van der Waals surface area contributed by atoms with Gasteiger partial charge in [0.05, 0.1) is 5.92 Å². The van der Waals surface area contributed by atoms with E-state index in [1.165, 1.54) is 0 Å². The van der Waals surface area contributed by atoms with Crippen LogP contribution < -0.4 is 0 Å². The van der Waals surface area contributed by atoms with Gasteiger partial charge in [-0.15, -0.1) is 0 Å². The molecule has 0 spiro atoms. The lowest BCUT2D eigenvalue weighted by molar-refractivity contribution is -0.143. The summed E-state index contributed by atoms with van der Waals surface area (Å²) >= 11 is 0. The molecular formula is C17H23NO3. The van der Waals surface area contributed by atoms with Crippen LogP contribution in [-0.2, 0) is 4.79 Å². The zero-order valence-electron chi connectivity index (χ0n) is 13.2. The Labute approximate surface area is 125 Å². The number of hydrogen-bond acceptors (Lipinski definition) is 2. The van der Waals surface area contributed by atoms with Gasteiger partial charge in [-0.05, 0) is 62.8 Å². The Hall–Kier alpha value is -1.84. The third kappa shape index (κ3) is 2.94. The van der Waals surface area contributed by atoms with E-state index in [1.54, 1.807) is 4.90 Å². The van der Waals surface area contributed by atoms with Gasteiger partial charge in [0.2, 0.25) is 0 Å². The lowest BCUT2D eigenvalue weighted by atomic mass is 9.91. The first-order chi connectivity index (χ1) is 9.82. The number of piperidine rings is 1. The predicted molar refractivity (Wildman–Crippen MR) is 81.7 cm³/mol. The number of aliphatic carboxylic acids is 1. The van der Waals surface area contributed by atoms with Crippen LogP contribution in [0.1, 0.15) is 45.5 Å². The lowest BCUT2D eigenvalue weighted by Crippen LogP contribution is -2.40. The molecule has 0 atom stereocenters. The first-order valence-corrected chi connectivity index (χ1v) is 7.42. The molecule has 1 N–H and O–H groups in total. The topological polar surface area (TPSA) is 57.6 Å². The summed E-state index contributed by atoms with van der Waals surface area (Å²) in [6.07, 6.45) is 1.09. The molecule has 0 bridgehead atoms. The average Bonchev–Trinajstić information content (AvgIpc) is 2.45. The highest BCUT2D eigenvalue weighted by Gasteiger charge is 2.29. The molecule has 1 aliphatic heterocycles. The summed E-state index contributed by atoms with van der Waals surface area (Å²) < 4.78 is 0. The summed E-state index contributed by atoms with van der Waals surface area (Å²) in [6, 6.07) is 2.11. The van der Waals surface area contributed by atoms with Gasteiger partial charge in [-0.25, -0.2) is 0 Å². The van der Waals surface area contributed by atoms with Crippen molar-refractivity contribution in [3.05, 3.63) is 33.9 Å². The minimum atomic E-state index is -0.749. The fraction of sp³-hybridized carbons (Fsp3) is 0.529. The highest BCUT2D eigenvalue weighted by atomic mass is 16.4. The number of nitrogens with zero attached hydrogens (tertiary/aromatic N) is 1. The third-order valence-electron chi connectivity index (χ3n) is 4.71.